The molecule has 0 aliphatic heterocycles. The van der Waals surface area contributed by atoms with E-state index in [1.54, 1.807) is 0 Å². The van der Waals surface area contributed by atoms with Crippen LogP contribution in [0.3, 0.4) is 0 Å². The van der Waals surface area contributed by atoms with Crippen LogP contribution in [0, 0.1) is 0 Å². The number of fused-ring (bicyclic) bond motifs is 1. The number of aromatic nitrogens is 1. The summed E-state index contributed by atoms with van der Waals surface area (Å²) in [5.41, 5.74) is 3.64. The zero-order valence-corrected chi connectivity index (χ0v) is 11.9. The summed E-state index contributed by atoms with van der Waals surface area (Å²) in [5, 5.41) is 14.3. The number of aromatic amines is 1. The SMILES string of the molecule is OC[C@H](Cc1ccccc1)NCc1cccc2[nH]ccc12. The van der Waals surface area contributed by atoms with Gasteiger partial charge in [0.2, 0.25) is 0 Å². The topological polar surface area (TPSA) is 48.0 Å². The molecule has 21 heavy (non-hydrogen) atoms. The molecule has 0 aliphatic rings. The molecule has 0 aliphatic carbocycles. The van der Waals surface area contributed by atoms with Gasteiger partial charge in [-0.3, -0.25) is 0 Å². The van der Waals surface area contributed by atoms with Crippen molar-refractivity contribution < 1.29 is 5.11 Å². The smallest absolute Gasteiger partial charge is 0.0587 e. The Morgan fingerprint density at radius 3 is 2.67 bits per heavy atom. The van der Waals surface area contributed by atoms with Gasteiger partial charge in [-0.2, -0.15) is 0 Å². The minimum absolute atomic E-state index is 0.0709. The Morgan fingerprint density at radius 2 is 1.86 bits per heavy atom. The summed E-state index contributed by atoms with van der Waals surface area (Å²) in [5.74, 6) is 0. The summed E-state index contributed by atoms with van der Waals surface area (Å²) in [6.45, 7) is 0.894. The molecule has 0 bridgehead atoms. The number of nitrogens with one attached hydrogen (secondary N) is 2. The van der Waals surface area contributed by atoms with Crippen LogP contribution in [0.1, 0.15) is 11.1 Å². The Bertz CT molecular complexity index is 691. The number of hydrogen-bond donors (Lipinski definition) is 3. The van der Waals surface area contributed by atoms with Gasteiger partial charge in [0.15, 0.2) is 0 Å². The van der Waals surface area contributed by atoms with Crippen LogP contribution in [0.4, 0.5) is 0 Å². The van der Waals surface area contributed by atoms with Crippen LogP contribution in [0.25, 0.3) is 10.9 Å². The van der Waals surface area contributed by atoms with Gasteiger partial charge in [-0.05, 0) is 29.7 Å². The first-order chi connectivity index (χ1) is 10.4. The van der Waals surface area contributed by atoms with E-state index in [2.05, 4.69) is 46.7 Å². The maximum Gasteiger partial charge on any atom is 0.0587 e. The van der Waals surface area contributed by atoms with Gasteiger partial charge >= 0.3 is 0 Å². The van der Waals surface area contributed by atoms with Crippen molar-refractivity contribution in [3.05, 3.63) is 71.9 Å². The lowest BCUT2D eigenvalue weighted by atomic mass is 10.1. The third-order valence-electron chi connectivity index (χ3n) is 3.81. The number of H-pyrrole nitrogens is 1. The molecule has 0 saturated heterocycles. The molecule has 1 aromatic heterocycles. The fourth-order valence-corrected chi connectivity index (χ4v) is 2.66. The van der Waals surface area contributed by atoms with Crippen LogP contribution in [-0.4, -0.2) is 22.7 Å². The van der Waals surface area contributed by atoms with E-state index < -0.39 is 0 Å². The number of aliphatic hydroxyl groups is 1. The molecular weight excluding hydrogens is 260 g/mol. The second kappa shape index (κ2) is 6.57. The summed E-state index contributed by atoms with van der Waals surface area (Å²) in [7, 11) is 0. The molecule has 1 atom stereocenters. The van der Waals surface area contributed by atoms with Crippen molar-refractivity contribution in [3.63, 3.8) is 0 Å². The third-order valence-corrected chi connectivity index (χ3v) is 3.81. The fraction of sp³-hybridized carbons (Fsp3) is 0.222. The van der Waals surface area contributed by atoms with E-state index in [1.165, 1.54) is 16.5 Å². The normalized spacial score (nSPS) is 12.6. The minimum atomic E-state index is 0.0709. The Labute approximate surface area is 124 Å². The molecule has 0 fully saturated rings. The number of aliphatic hydroxyl groups excluding tert-OH is 1. The van der Waals surface area contributed by atoms with Gasteiger partial charge in [-0.15, -0.1) is 0 Å². The van der Waals surface area contributed by atoms with E-state index in [-0.39, 0.29) is 12.6 Å². The van der Waals surface area contributed by atoms with Crippen molar-refractivity contribution in [3.8, 4) is 0 Å². The van der Waals surface area contributed by atoms with Gasteiger partial charge < -0.3 is 15.4 Å². The van der Waals surface area contributed by atoms with Crippen molar-refractivity contribution >= 4 is 10.9 Å². The van der Waals surface area contributed by atoms with Crippen LogP contribution >= 0.6 is 0 Å². The van der Waals surface area contributed by atoms with E-state index in [4.69, 9.17) is 0 Å². The minimum Gasteiger partial charge on any atom is -0.395 e. The summed E-state index contributed by atoms with van der Waals surface area (Å²) in [4.78, 5) is 3.22. The highest BCUT2D eigenvalue weighted by Gasteiger charge is 2.09. The quantitative estimate of drug-likeness (QED) is 0.650. The lowest BCUT2D eigenvalue weighted by Gasteiger charge is -2.17. The van der Waals surface area contributed by atoms with Gasteiger partial charge in [-0.1, -0.05) is 42.5 Å². The maximum atomic E-state index is 9.57. The molecule has 2 aromatic carbocycles. The average molecular weight is 280 g/mol. The highest BCUT2D eigenvalue weighted by molar-refractivity contribution is 5.82. The van der Waals surface area contributed by atoms with Gasteiger partial charge in [-0.25, -0.2) is 0 Å². The standard InChI is InChI=1S/C18H20N2O/c21-13-16(11-14-5-2-1-3-6-14)20-12-15-7-4-8-18-17(15)9-10-19-18/h1-10,16,19-21H,11-13H2/t16-/m0/s1. The summed E-state index contributed by atoms with van der Waals surface area (Å²) >= 11 is 0. The zero-order chi connectivity index (χ0) is 14.5. The molecule has 3 nitrogen and oxygen atoms in total. The number of rotatable bonds is 6. The summed E-state index contributed by atoms with van der Waals surface area (Å²) < 4.78 is 0. The van der Waals surface area contributed by atoms with Gasteiger partial charge in [0.25, 0.3) is 0 Å². The average Bonchev–Trinajstić information content (AvgIpc) is 3.01. The van der Waals surface area contributed by atoms with Crippen LogP contribution in [0.15, 0.2) is 60.8 Å². The third kappa shape index (κ3) is 3.32. The Morgan fingerprint density at radius 1 is 1.00 bits per heavy atom. The largest absolute Gasteiger partial charge is 0.395 e. The second-order valence-corrected chi connectivity index (χ2v) is 5.31. The first-order valence-corrected chi connectivity index (χ1v) is 7.30. The van der Waals surface area contributed by atoms with Gasteiger partial charge in [0.1, 0.15) is 0 Å². The van der Waals surface area contributed by atoms with E-state index >= 15 is 0 Å². The van der Waals surface area contributed by atoms with E-state index in [9.17, 15) is 5.11 Å². The van der Waals surface area contributed by atoms with E-state index in [0.29, 0.717) is 0 Å². The molecule has 0 unspecified atom stereocenters. The van der Waals surface area contributed by atoms with Crippen LogP contribution in [-0.2, 0) is 13.0 Å². The van der Waals surface area contributed by atoms with E-state index in [1.807, 2.05) is 24.4 Å². The van der Waals surface area contributed by atoms with Crippen molar-refractivity contribution in [2.75, 3.05) is 6.61 Å². The van der Waals surface area contributed by atoms with E-state index in [0.717, 1.165) is 18.5 Å². The van der Waals surface area contributed by atoms with Crippen LogP contribution < -0.4 is 5.32 Å². The van der Waals surface area contributed by atoms with Crippen molar-refractivity contribution in [1.82, 2.24) is 10.3 Å². The summed E-state index contributed by atoms with van der Waals surface area (Å²) in [6.07, 6.45) is 2.79. The number of hydrogen-bond acceptors (Lipinski definition) is 2. The Balaban J connectivity index is 1.66. The van der Waals surface area contributed by atoms with Crippen molar-refractivity contribution in [2.45, 2.75) is 19.0 Å². The Hall–Kier alpha value is -2.10. The fourth-order valence-electron chi connectivity index (χ4n) is 2.66. The maximum absolute atomic E-state index is 9.57. The molecular formula is C18H20N2O. The lowest BCUT2D eigenvalue weighted by Crippen LogP contribution is -2.34. The molecule has 3 N–H and O–H groups in total. The molecule has 0 spiro atoms. The highest BCUT2D eigenvalue weighted by atomic mass is 16.3. The van der Waals surface area contributed by atoms with Gasteiger partial charge in [0, 0.05) is 29.7 Å². The van der Waals surface area contributed by atoms with Crippen molar-refractivity contribution in [1.29, 1.82) is 0 Å². The molecule has 0 saturated carbocycles. The first-order valence-electron chi connectivity index (χ1n) is 7.30. The Kier molecular flexibility index (Phi) is 4.34. The van der Waals surface area contributed by atoms with Gasteiger partial charge in [0.05, 0.1) is 6.61 Å². The van der Waals surface area contributed by atoms with Crippen molar-refractivity contribution in [2.24, 2.45) is 0 Å². The van der Waals surface area contributed by atoms with Crippen LogP contribution in [0.2, 0.25) is 0 Å². The molecule has 0 radical (unpaired) electrons. The monoisotopic (exact) mass is 280 g/mol. The molecule has 3 rings (SSSR count). The molecule has 1 heterocycles. The molecule has 0 amide bonds. The number of benzene rings is 2. The highest BCUT2D eigenvalue weighted by Crippen LogP contribution is 2.17. The molecule has 3 aromatic rings. The van der Waals surface area contributed by atoms with Crippen LogP contribution in [0.5, 0.6) is 0 Å². The summed E-state index contributed by atoms with van der Waals surface area (Å²) in [6, 6.07) is 18.7. The lowest BCUT2D eigenvalue weighted by molar-refractivity contribution is 0.241. The second-order valence-electron chi connectivity index (χ2n) is 5.31. The predicted octanol–water partition coefficient (Wildman–Crippen LogP) is 2.86. The molecule has 3 heteroatoms. The first kappa shape index (κ1) is 13.9. The molecule has 108 valence electrons. The predicted molar refractivity (Wildman–Crippen MR) is 86.2 cm³/mol. The zero-order valence-electron chi connectivity index (χ0n) is 11.9.